The molecular formula is C19H34N5ORe-. The monoisotopic (exact) mass is 535 g/mol. The number of nitrogens with zero attached hydrogens (tertiary/aromatic N) is 5. The van der Waals surface area contributed by atoms with Crippen molar-refractivity contribution in [1.29, 1.82) is 0 Å². The molecule has 6 nitrogen and oxygen atoms in total. The Morgan fingerprint density at radius 3 is 2.35 bits per heavy atom. The van der Waals surface area contributed by atoms with E-state index < -0.39 is 0 Å². The Kier molecular flexibility index (Phi) is 11.7. The van der Waals surface area contributed by atoms with Gasteiger partial charge in [0.15, 0.2) is 5.65 Å². The molecule has 2 aromatic rings. The Labute approximate surface area is 172 Å². The molecule has 2 aliphatic rings. The Balaban J connectivity index is 0.000000817. The second-order valence-electron chi connectivity index (χ2n) is 5.23. The van der Waals surface area contributed by atoms with Gasteiger partial charge in [-0.15, -0.1) is 11.7 Å². The third kappa shape index (κ3) is 4.95. The molecule has 4 heterocycles. The van der Waals surface area contributed by atoms with Crippen LogP contribution in [-0.4, -0.2) is 32.3 Å². The number of hydrogen-bond acceptors (Lipinski definition) is 5. The van der Waals surface area contributed by atoms with Crippen LogP contribution in [0.5, 0.6) is 5.88 Å². The summed E-state index contributed by atoms with van der Waals surface area (Å²) in [7, 11) is 1.89. The van der Waals surface area contributed by atoms with Crippen LogP contribution in [0.15, 0.2) is 0 Å². The van der Waals surface area contributed by atoms with Crippen molar-refractivity contribution in [3.63, 3.8) is 0 Å². The van der Waals surface area contributed by atoms with Crippen molar-refractivity contribution in [1.82, 2.24) is 19.7 Å². The van der Waals surface area contributed by atoms with Gasteiger partial charge in [0.05, 0.1) is 0 Å². The fraction of sp³-hybridized carbons (Fsp3) is 0.684. The van der Waals surface area contributed by atoms with Gasteiger partial charge < -0.3 is 9.64 Å². The van der Waals surface area contributed by atoms with Crippen LogP contribution in [0.4, 0.5) is 5.82 Å². The van der Waals surface area contributed by atoms with Crippen LogP contribution in [0.2, 0.25) is 0 Å². The summed E-state index contributed by atoms with van der Waals surface area (Å²) in [5.41, 5.74) is 0.845. The molecule has 149 valence electrons. The minimum Gasteiger partial charge on any atom is -0.645 e. The summed E-state index contributed by atoms with van der Waals surface area (Å²) in [6.07, 6.45) is 3.55. The van der Waals surface area contributed by atoms with Crippen molar-refractivity contribution < 1.29 is 25.2 Å². The summed E-state index contributed by atoms with van der Waals surface area (Å²) >= 11 is 0. The molecule has 0 aromatic carbocycles. The summed E-state index contributed by atoms with van der Waals surface area (Å²) in [5, 5.41) is 5.35. The van der Waals surface area contributed by atoms with Gasteiger partial charge in [-0.2, -0.15) is 0 Å². The van der Waals surface area contributed by atoms with E-state index in [-0.39, 0.29) is 20.4 Å². The summed E-state index contributed by atoms with van der Waals surface area (Å²) in [5.74, 6) is 2.38. The number of hydrogen-bond donors (Lipinski definition) is 0. The first-order valence-electron chi connectivity index (χ1n) is 9.72. The molecule has 7 heteroatoms. The number of rotatable bonds is 0. The molecule has 26 heavy (non-hydrogen) atoms. The molecular weight excluding hydrogens is 500 g/mol. The van der Waals surface area contributed by atoms with E-state index in [4.69, 9.17) is 4.74 Å². The zero-order valence-electron chi connectivity index (χ0n) is 17.5. The maximum atomic E-state index is 5.77. The van der Waals surface area contributed by atoms with Crippen LogP contribution >= 0.6 is 0 Å². The summed E-state index contributed by atoms with van der Waals surface area (Å²) in [6, 6.07) is 0.297. The second kappa shape index (κ2) is 12.2. The largest absolute Gasteiger partial charge is 0.645 e. The molecule has 1 fully saturated rings. The normalized spacial score (nSPS) is 16.8. The van der Waals surface area contributed by atoms with Crippen LogP contribution in [0, 0.1) is 13.5 Å². The predicted molar refractivity (Wildman–Crippen MR) is 105 cm³/mol. The van der Waals surface area contributed by atoms with Crippen molar-refractivity contribution in [2.75, 3.05) is 11.4 Å². The van der Waals surface area contributed by atoms with Gasteiger partial charge in [-0.3, -0.25) is 0 Å². The summed E-state index contributed by atoms with van der Waals surface area (Å²) < 4.78 is 7.54. The minimum absolute atomic E-state index is 0. The average molecular weight is 535 g/mol. The minimum atomic E-state index is 0. The van der Waals surface area contributed by atoms with Crippen LogP contribution in [-0.2, 0) is 27.5 Å². The molecule has 1 saturated heterocycles. The van der Waals surface area contributed by atoms with Crippen molar-refractivity contribution in [3.8, 4) is 5.88 Å². The maximum absolute atomic E-state index is 5.77. The van der Waals surface area contributed by atoms with Gasteiger partial charge in [0.2, 0.25) is 5.88 Å². The second-order valence-corrected chi connectivity index (χ2v) is 5.23. The molecule has 1 radical (unpaired) electrons. The van der Waals surface area contributed by atoms with E-state index in [1.54, 1.807) is 4.68 Å². The SMILES string of the molecule is CC.CC.CC.Cc1nc2c3c(nn(C)c3n1)O[CH-]C1CCCCN21.[Re]. The van der Waals surface area contributed by atoms with Crippen LogP contribution < -0.4 is 9.64 Å². The average Bonchev–Trinajstić information content (AvgIpc) is 2.91. The zero-order chi connectivity index (χ0) is 19.0. The van der Waals surface area contributed by atoms with E-state index in [2.05, 4.69) is 20.0 Å². The van der Waals surface area contributed by atoms with E-state index >= 15 is 0 Å². The number of aromatic nitrogens is 4. The molecule has 0 spiro atoms. The van der Waals surface area contributed by atoms with Crippen molar-refractivity contribution >= 4 is 16.9 Å². The molecule has 2 aromatic heterocycles. The topological polar surface area (TPSA) is 56.1 Å². The van der Waals surface area contributed by atoms with Gasteiger partial charge in [0.25, 0.3) is 0 Å². The van der Waals surface area contributed by atoms with E-state index in [0.29, 0.717) is 11.9 Å². The first-order valence-corrected chi connectivity index (χ1v) is 9.72. The van der Waals surface area contributed by atoms with Gasteiger partial charge in [-0.1, -0.05) is 60.4 Å². The first kappa shape index (κ1) is 24.8. The van der Waals surface area contributed by atoms with Crippen LogP contribution in [0.25, 0.3) is 11.0 Å². The van der Waals surface area contributed by atoms with Crippen molar-refractivity contribution in [2.24, 2.45) is 7.05 Å². The van der Waals surface area contributed by atoms with Gasteiger partial charge in [-0.25, -0.2) is 14.6 Å². The molecule has 4 rings (SSSR count). The molecule has 0 amide bonds. The Morgan fingerprint density at radius 2 is 1.69 bits per heavy atom. The van der Waals surface area contributed by atoms with Gasteiger partial charge >= 0.3 is 0 Å². The fourth-order valence-corrected chi connectivity index (χ4v) is 3.00. The summed E-state index contributed by atoms with van der Waals surface area (Å²) in [6.45, 7) is 16.8. The molecule has 0 bridgehead atoms. The van der Waals surface area contributed by atoms with E-state index in [9.17, 15) is 0 Å². The molecule has 0 N–H and O–H groups in total. The van der Waals surface area contributed by atoms with Crippen molar-refractivity contribution in [3.05, 3.63) is 12.4 Å². The number of fused-ring (bicyclic) bond motifs is 2. The first-order chi connectivity index (χ1) is 12.2. The van der Waals surface area contributed by atoms with Crippen LogP contribution in [0.1, 0.15) is 66.6 Å². The molecule has 1 atom stereocenters. The predicted octanol–water partition coefficient (Wildman–Crippen LogP) is 4.66. The number of aryl methyl sites for hydroxylation is 2. The third-order valence-corrected chi connectivity index (χ3v) is 3.90. The standard InChI is InChI=1S/C13H16N5O.3C2H6.Re/c1-8-14-11-10-12(15-8)18-6-4-3-5-9(18)7-19-13(10)16-17(11)2;3*1-2;/h7,9H,3-6H2,1-2H3;3*1-2H3;/q-1;;;;. The van der Waals surface area contributed by atoms with Crippen molar-refractivity contribution in [2.45, 2.75) is 73.8 Å². The van der Waals surface area contributed by atoms with E-state index in [0.717, 1.165) is 35.6 Å². The molecule has 1 unspecified atom stereocenters. The van der Waals surface area contributed by atoms with E-state index in [1.165, 1.54) is 12.8 Å². The molecule has 0 aliphatic carbocycles. The Hall–Kier alpha value is -1.19. The number of anilines is 1. The smallest absolute Gasteiger partial charge is 0.214 e. The summed E-state index contributed by atoms with van der Waals surface area (Å²) in [4.78, 5) is 11.5. The quantitative estimate of drug-likeness (QED) is 0.460. The number of piperidine rings is 1. The Morgan fingerprint density at radius 1 is 1.04 bits per heavy atom. The van der Waals surface area contributed by atoms with Crippen LogP contribution in [0.3, 0.4) is 0 Å². The third-order valence-electron chi connectivity index (χ3n) is 3.90. The number of ether oxygens (including phenoxy) is 1. The zero-order valence-corrected chi connectivity index (χ0v) is 20.2. The van der Waals surface area contributed by atoms with Gasteiger partial charge in [0.1, 0.15) is 17.0 Å². The fourth-order valence-electron chi connectivity index (χ4n) is 3.00. The molecule has 2 aliphatic heterocycles. The van der Waals surface area contributed by atoms with Gasteiger partial charge in [-0.05, 0) is 13.3 Å². The molecule has 0 saturated carbocycles. The maximum Gasteiger partial charge on any atom is 0.214 e. The van der Waals surface area contributed by atoms with E-state index in [1.807, 2.05) is 62.1 Å². The Bertz CT molecular complexity index is 659. The van der Waals surface area contributed by atoms with Gasteiger partial charge in [0, 0.05) is 34.0 Å².